The summed E-state index contributed by atoms with van der Waals surface area (Å²) < 4.78 is 11.0. The van der Waals surface area contributed by atoms with E-state index in [9.17, 15) is 0 Å². The van der Waals surface area contributed by atoms with Crippen LogP contribution >= 0.6 is 0 Å². The van der Waals surface area contributed by atoms with Gasteiger partial charge in [-0.05, 0) is 13.3 Å². The van der Waals surface area contributed by atoms with Gasteiger partial charge in [0.2, 0.25) is 0 Å². The fourth-order valence-electron chi connectivity index (χ4n) is 3.35. The Kier molecular flexibility index (Phi) is 15.0. The number of ether oxygens (including phenoxy) is 2. The summed E-state index contributed by atoms with van der Waals surface area (Å²) >= 11 is 0. The van der Waals surface area contributed by atoms with Crippen LogP contribution in [0.4, 0.5) is 0 Å². The molecule has 1 heterocycles. The first-order valence-corrected chi connectivity index (χ1v) is 11.1. The highest BCUT2D eigenvalue weighted by Gasteiger charge is 2.29. The van der Waals surface area contributed by atoms with E-state index in [1.165, 1.54) is 103 Å². The predicted molar refractivity (Wildman–Crippen MR) is 105 cm³/mol. The summed E-state index contributed by atoms with van der Waals surface area (Å²) in [6.07, 6.45) is 23.4. The second-order valence-corrected chi connectivity index (χ2v) is 7.75. The smallest absolute Gasteiger partial charge is 0.107 e. The number of rotatable bonds is 19. The van der Waals surface area contributed by atoms with Gasteiger partial charge in [-0.1, -0.05) is 103 Å². The van der Waals surface area contributed by atoms with Gasteiger partial charge in [-0.3, -0.25) is 0 Å². The van der Waals surface area contributed by atoms with E-state index in [-0.39, 0.29) is 0 Å². The van der Waals surface area contributed by atoms with Crippen molar-refractivity contribution in [3.63, 3.8) is 0 Å². The Morgan fingerprint density at radius 3 is 1.46 bits per heavy atom. The summed E-state index contributed by atoms with van der Waals surface area (Å²) in [6, 6.07) is 0. The minimum atomic E-state index is 0.307. The molecule has 0 aromatic rings. The second kappa shape index (κ2) is 16.4. The maximum Gasteiger partial charge on any atom is 0.107 e. The number of epoxide rings is 1. The van der Waals surface area contributed by atoms with Crippen LogP contribution in [0.2, 0.25) is 0 Å². The van der Waals surface area contributed by atoms with Gasteiger partial charge in [0.25, 0.3) is 0 Å². The van der Waals surface area contributed by atoms with Crippen molar-refractivity contribution >= 4 is 0 Å². The molecule has 0 spiro atoms. The lowest BCUT2D eigenvalue weighted by molar-refractivity contribution is 0.0434. The van der Waals surface area contributed by atoms with Crippen LogP contribution in [0.1, 0.15) is 117 Å². The SMILES string of the molecule is CCCCCCCCCCCCCCCCCCOC(C)C1CO1. The average Bonchev–Trinajstić information content (AvgIpc) is 3.42. The van der Waals surface area contributed by atoms with Gasteiger partial charge in [0, 0.05) is 6.61 Å². The van der Waals surface area contributed by atoms with Crippen LogP contribution in [0.3, 0.4) is 0 Å². The zero-order valence-corrected chi connectivity index (χ0v) is 16.7. The molecule has 0 aromatic carbocycles. The number of hydrogen-bond acceptors (Lipinski definition) is 2. The molecule has 0 N–H and O–H groups in total. The summed E-state index contributed by atoms with van der Waals surface area (Å²) in [5.74, 6) is 0. The second-order valence-electron chi connectivity index (χ2n) is 7.75. The van der Waals surface area contributed by atoms with Crippen molar-refractivity contribution in [2.45, 2.75) is 129 Å². The van der Waals surface area contributed by atoms with Crippen LogP contribution in [-0.2, 0) is 9.47 Å². The number of unbranched alkanes of at least 4 members (excludes halogenated alkanes) is 15. The molecule has 24 heavy (non-hydrogen) atoms. The molecule has 1 rings (SSSR count). The lowest BCUT2D eigenvalue weighted by Gasteiger charge is -2.09. The predicted octanol–water partition coefficient (Wildman–Crippen LogP) is 7.05. The Morgan fingerprint density at radius 2 is 1.08 bits per heavy atom. The fourth-order valence-corrected chi connectivity index (χ4v) is 3.35. The van der Waals surface area contributed by atoms with Crippen molar-refractivity contribution in [2.75, 3.05) is 13.2 Å². The molecule has 0 aliphatic carbocycles. The van der Waals surface area contributed by atoms with Crippen molar-refractivity contribution in [1.29, 1.82) is 0 Å². The molecule has 0 saturated carbocycles. The summed E-state index contributed by atoms with van der Waals surface area (Å²) in [6.45, 7) is 6.24. The first kappa shape index (κ1) is 22.0. The van der Waals surface area contributed by atoms with E-state index in [0.717, 1.165) is 13.2 Å². The van der Waals surface area contributed by atoms with E-state index in [0.29, 0.717) is 12.2 Å². The first-order chi connectivity index (χ1) is 11.8. The molecule has 0 aromatic heterocycles. The minimum absolute atomic E-state index is 0.307. The van der Waals surface area contributed by atoms with Crippen molar-refractivity contribution < 1.29 is 9.47 Å². The molecular formula is C22H44O2. The van der Waals surface area contributed by atoms with Gasteiger partial charge in [-0.25, -0.2) is 0 Å². The molecule has 1 saturated heterocycles. The van der Waals surface area contributed by atoms with Crippen molar-refractivity contribution in [3.8, 4) is 0 Å². The zero-order valence-electron chi connectivity index (χ0n) is 16.7. The normalized spacial score (nSPS) is 18.0. The maximum absolute atomic E-state index is 5.76. The third kappa shape index (κ3) is 14.3. The van der Waals surface area contributed by atoms with Crippen LogP contribution < -0.4 is 0 Å². The summed E-state index contributed by atoms with van der Waals surface area (Å²) in [4.78, 5) is 0. The molecule has 2 atom stereocenters. The van der Waals surface area contributed by atoms with Crippen LogP contribution in [0.25, 0.3) is 0 Å². The summed E-state index contributed by atoms with van der Waals surface area (Å²) in [5.41, 5.74) is 0. The Bertz CT molecular complexity index is 250. The van der Waals surface area contributed by atoms with Crippen molar-refractivity contribution in [1.82, 2.24) is 0 Å². The van der Waals surface area contributed by atoms with Crippen LogP contribution in [0.5, 0.6) is 0 Å². The first-order valence-electron chi connectivity index (χ1n) is 11.1. The third-order valence-electron chi connectivity index (χ3n) is 5.26. The van der Waals surface area contributed by atoms with E-state index in [2.05, 4.69) is 13.8 Å². The van der Waals surface area contributed by atoms with Gasteiger partial charge >= 0.3 is 0 Å². The topological polar surface area (TPSA) is 21.8 Å². The van der Waals surface area contributed by atoms with E-state index >= 15 is 0 Å². The quantitative estimate of drug-likeness (QED) is 0.185. The molecule has 1 fully saturated rings. The van der Waals surface area contributed by atoms with Gasteiger partial charge in [-0.15, -0.1) is 0 Å². The largest absolute Gasteiger partial charge is 0.376 e. The van der Waals surface area contributed by atoms with Gasteiger partial charge < -0.3 is 9.47 Å². The highest BCUT2D eigenvalue weighted by molar-refractivity contribution is 4.76. The molecule has 2 nitrogen and oxygen atoms in total. The lowest BCUT2D eigenvalue weighted by Crippen LogP contribution is -2.15. The van der Waals surface area contributed by atoms with Gasteiger partial charge in [0.05, 0.1) is 12.7 Å². The molecule has 0 bridgehead atoms. The number of hydrogen-bond donors (Lipinski definition) is 0. The Labute approximate surface area is 152 Å². The minimum Gasteiger partial charge on any atom is -0.376 e. The van der Waals surface area contributed by atoms with E-state index < -0.39 is 0 Å². The molecule has 1 aliphatic heterocycles. The molecule has 0 radical (unpaired) electrons. The van der Waals surface area contributed by atoms with Gasteiger partial charge in [-0.2, -0.15) is 0 Å². The third-order valence-corrected chi connectivity index (χ3v) is 5.26. The summed E-state index contributed by atoms with van der Waals surface area (Å²) in [5, 5.41) is 0. The Morgan fingerprint density at radius 1 is 0.708 bits per heavy atom. The average molecular weight is 341 g/mol. The zero-order chi connectivity index (χ0) is 17.3. The van der Waals surface area contributed by atoms with E-state index in [1.807, 2.05) is 0 Å². The Hall–Kier alpha value is -0.0800. The van der Waals surface area contributed by atoms with Gasteiger partial charge in [0.15, 0.2) is 0 Å². The molecule has 144 valence electrons. The maximum atomic E-state index is 5.76. The highest BCUT2D eigenvalue weighted by Crippen LogP contribution is 2.17. The fraction of sp³-hybridized carbons (Fsp3) is 1.00. The van der Waals surface area contributed by atoms with Crippen LogP contribution in [0.15, 0.2) is 0 Å². The highest BCUT2D eigenvalue weighted by atomic mass is 16.6. The van der Waals surface area contributed by atoms with Crippen molar-refractivity contribution in [3.05, 3.63) is 0 Å². The molecule has 2 heteroatoms. The molecule has 0 amide bonds. The lowest BCUT2D eigenvalue weighted by atomic mass is 10.0. The summed E-state index contributed by atoms with van der Waals surface area (Å²) in [7, 11) is 0. The van der Waals surface area contributed by atoms with Crippen LogP contribution in [0, 0.1) is 0 Å². The molecular weight excluding hydrogens is 296 g/mol. The molecule has 2 unspecified atom stereocenters. The van der Waals surface area contributed by atoms with Crippen LogP contribution in [-0.4, -0.2) is 25.4 Å². The Balaban J connectivity index is 1.63. The van der Waals surface area contributed by atoms with Gasteiger partial charge in [0.1, 0.15) is 6.10 Å². The standard InChI is InChI=1S/C22H44O2/c1-3-4-5-6-7-8-9-10-11-12-13-14-15-16-17-18-19-23-21(2)22-20-24-22/h21-22H,3-20H2,1-2H3. The van der Waals surface area contributed by atoms with E-state index in [1.54, 1.807) is 0 Å². The van der Waals surface area contributed by atoms with E-state index in [4.69, 9.17) is 9.47 Å². The monoisotopic (exact) mass is 340 g/mol. The van der Waals surface area contributed by atoms with Crippen molar-refractivity contribution in [2.24, 2.45) is 0 Å². The molecule has 1 aliphatic rings.